The van der Waals surface area contributed by atoms with Crippen molar-refractivity contribution in [1.82, 2.24) is 0 Å². The number of halogens is 1. The zero-order valence-electron chi connectivity index (χ0n) is 9.69. The fraction of sp³-hybridized carbons (Fsp3) is 0.133. The molecule has 0 unspecified atom stereocenters. The maximum atomic E-state index is 12.1. The van der Waals surface area contributed by atoms with Crippen LogP contribution >= 0.6 is 11.6 Å². The quantitative estimate of drug-likeness (QED) is 0.834. The van der Waals surface area contributed by atoms with Gasteiger partial charge in [0, 0.05) is 22.7 Å². The van der Waals surface area contributed by atoms with Crippen molar-refractivity contribution >= 4 is 23.1 Å². The lowest BCUT2D eigenvalue weighted by Crippen LogP contribution is -2.22. The zero-order chi connectivity index (χ0) is 12.5. The Hall–Kier alpha value is -1.80. The van der Waals surface area contributed by atoms with Crippen molar-refractivity contribution in [3.63, 3.8) is 0 Å². The highest BCUT2D eigenvalue weighted by atomic mass is 35.5. The largest absolute Gasteiger partial charge is 0.377 e. The number of hydrogen-bond acceptors (Lipinski definition) is 2. The van der Waals surface area contributed by atoms with E-state index in [4.69, 9.17) is 11.6 Å². The highest BCUT2D eigenvalue weighted by Crippen LogP contribution is 2.32. The number of ketones is 1. The SMILES string of the molecule is O=C1C[C@H](c2ccc(Cl)cc2)Nc2ccccc21. The van der Waals surface area contributed by atoms with Crippen molar-refractivity contribution in [2.75, 3.05) is 5.32 Å². The molecule has 3 heteroatoms. The molecule has 18 heavy (non-hydrogen) atoms. The number of hydrogen-bond donors (Lipinski definition) is 1. The summed E-state index contributed by atoms with van der Waals surface area (Å²) in [6.07, 6.45) is 0.485. The first-order valence-electron chi connectivity index (χ1n) is 5.88. The van der Waals surface area contributed by atoms with E-state index in [0.29, 0.717) is 11.4 Å². The first-order valence-corrected chi connectivity index (χ1v) is 6.26. The van der Waals surface area contributed by atoms with Crippen LogP contribution < -0.4 is 5.32 Å². The number of para-hydroxylation sites is 1. The Labute approximate surface area is 111 Å². The average Bonchev–Trinajstić information content (AvgIpc) is 2.39. The molecule has 0 saturated carbocycles. The number of carbonyl (C=O) groups excluding carboxylic acids is 1. The minimum atomic E-state index is 0.0321. The molecular weight excluding hydrogens is 246 g/mol. The minimum Gasteiger partial charge on any atom is -0.377 e. The lowest BCUT2D eigenvalue weighted by molar-refractivity contribution is 0.0972. The molecule has 0 radical (unpaired) electrons. The Kier molecular flexibility index (Phi) is 2.80. The van der Waals surface area contributed by atoms with Gasteiger partial charge in [-0.25, -0.2) is 0 Å². The maximum absolute atomic E-state index is 12.1. The maximum Gasteiger partial charge on any atom is 0.167 e. The Morgan fingerprint density at radius 3 is 2.56 bits per heavy atom. The van der Waals surface area contributed by atoms with Crippen molar-refractivity contribution in [3.05, 3.63) is 64.7 Å². The molecule has 0 aliphatic carbocycles. The van der Waals surface area contributed by atoms with E-state index < -0.39 is 0 Å². The third-order valence-corrected chi connectivity index (χ3v) is 3.47. The molecule has 1 aliphatic heterocycles. The van der Waals surface area contributed by atoms with Gasteiger partial charge in [0.05, 0.1) is 6.04 Å². The van der Waals surface area contributed by atoms with Gasteiger partial charge in [0.25, 0.3) is 0 Å². The van der Waals surface area contributed by atoms with E-state index in [9.17, 15) is 4.79 Å². The average molecular weight is 258 g/mol. The fourth-order valence-electron chi connectivity index (χ4n) is 2.28. The van der Waals surface area contributed by atoms with Crippen LogP contribution in [0.4, 0.5) is 5.69 Å². The zero-order valence-corrected chi connectivity index (χ0v) is 10.4. The molecule has 3 rings (SSSR count). The predicted molar refractivity (Wildman–Crippen MR) is 73.2 cm³/mol. The topological polar surface area (TPSA) is 29.1 Å². The monoisotopic (exact) mass is 257 g/mol. The van der Waals surface area contributed by atoms with E-state index in [1.165, 1.54) is 0 Å². The summed E-state index contributed by atoms with van der Waals surface area (Å²) < 4.78 is 0. The molecular formula is C15H12ClNO. The lowest BCUT2D eigenvalue weighted by Gasteiger charge is -2.26. The fourth-order valence-corrected chi connectivity index (χ4v) is 2.41. The van der Waals surface area contributed by atoms with Gasteiger partial charge in [-0.1, -0.05) is 35.9 Å². The summed E-state index contributed by atoms with van der Waals surface area (Å²) in [5.74, 6) is 0.185. The number of carbonyl (C=O) groups is 1. The van der Waals surface area contributed by atoms with Crippen LogP contribution in [-0.2, 0) is 0 Å². The van der Waals surface area contributed by atoms with Crippen molar-refractivity contribution in [3.8, 4) is 0 Å². The van der Waals surface area contributed by atoms with Crippen LogP contribution in [-0.4, -0.2) is 5.78 Å². The van der Waals surface area contributed by atoms with Crippen LogP contribution in [0.2, 0.25) is 5.02 Å². The molecule has 0 amide bonds. The first kappa shape index (κ1) is 11.3. The number of anilines is 1. The molecule has 0 spiro atoms. The summed E-state index contributed by atoms with van der Waals surface area (Å²) in [7, 11) is 0. The van der Waals surface area contributed by atoms with Gasteiger partial charge < -0.3 is 5.32 Å². The lowest BCUT2D eigenvalue weighted by atomic mass is 9.92. The minimum absolute atomic E-state index is 0.0321. The normalized spacial score (nSPS) is 18.1. The van der Waals surface area contributed by atoms with Crippen LogP contribution in [0, 0.1) is 0 Å². The molecule has 1 atom stereocenters. The van der Waals surface area contributed by atoms with Crippen molar-refractivity contribution in [1.29, 1.82) is 0 Å². The second kappa shape index (κ2) is 4.46. The summed E-state index contributed by atoms with van der Waals surface area (Å²) in [6, 6.07) is 15.3. The number of Topliss-reactive ketones (excluding diaryl/α,β-unsaturated/α-hetero) is 1. The van der Waals surface area contributed by atoms with Crippen LogP contribution in [0.5, 0.6) is 0 Å². The van der Waals surface area contributed by atoms with Crippen molar-refractivity contribution in [2.24, 2.45) is 0 Å². The summed E-state index contributed by atoms with van der Waals surface area (Å²) in [5.41, 5.74) is 2.78. The highest BCUT2D eigenvalue weighted by molar-refractivity contribution is 6.30. The molecule has 2 nitrogen and oxygen atoms in total. The number of nitrogens with one attached hydrogen (secondary N) is 1. The van der Waals surface area contributed by atoms with Crippen LogP contribution in [0.1, 0.15) is 28.4 Å². The molecule has 2 aromatic carbocycles. The second-order valence-corrected chi connectivity index (χ2v) is 4.86. The highest BCUT2D eigenvalue weighted by Gasteiger charge is 2.24. The Balaban J connectivity index is 1.94. The molecule has 0 saturated heterocycles. The summed E-state index contributed by atoms with van der Waals surface area (Å²) in [4.78, 5) is 12.1. The van der Waals surface area contributed by atoms with E-state index >= 15 is 0 Å². The van der Waals surface area contributed by atoms with Gasteiger partial charge in [0.2, 0.25) is 0 Å². The molecule has 0 bridgehead atoms. The van der Waals surface area contributed by atoms with E-state index in [1.54, 1.807) is 0 Å². The number of benzene rings is 2. The van der Waals surface area contributed by atoms with E-state index in [0.717, 1.165) is 16.8 Å². The van der Waals surface area contributed by atoms with E-state index in [-0.39, 0.29) is 11.8 Å². The summed E-state index contributed by atoms with van der Waals surface area (Å²) in [6.45, 7) is 0. The molecule has 2 aromatic rings. The predicted octanol–water partition coefficient (Wildman–Crippen LogP) is 4.08. The molecule has 1 N–H and O–H groups in total. The van der Waals surface area contributed by atoms with Gasteiger partial charge in [0.15, 0.2) is 5.78 Å². The van der Waals surface area contributed by atoms with Gasteiger partial charge in [-0.15, -0.1) is 0 Å². The van der Waals surface area contributed by atoms with Gasteiger partial charge in [0.1, 0.15) is 0 Å². The number of rotatable bonds is 1. The van der Waals surface area contributed by atoms with Gasteiger partial charge in [-0.3, -0.25) is 4.79 Å². The molecule has 0 fully saturated rings. The number of fused-ring (bicyclic) bond motifs is 1. The van der Waals surface area contributed by atoms with Gasteiger partial charge >= 0.3 is 0 Å². The molecule has 0 aromatic heterocycles. The van der Waals surface area contributed by atoms with E-state index in [1.807, 2.05) is 48.5 Å². The third kappa shape index (κ3) is 2.00. The first-order chi connectivity index (χ1) is 8.74. The Morgan fingerprint density at radius 2 is 1.78 bits per heavy atom. The third-order valence-electron chi connectivity index (χ3n) is 3.22. The van der Waals surface area contributed by atoms with E-state index in [2.05, 4.69) is 5.32 Å². The molecule has 90 valence electrons. The van der Waals surface area contributed by atoms with Crippen molar-refractivity contribution in [2.45, 2.75) is 12.5 Å². The Bertz CT molecular complexity index is 592. The smallest absolute Gasteiger partial charge is 0.167 e. The van der Waals surface area contributed by atoms with Crippen LogP contribution in [0.15, 0.2) is 48.5 Å². The van der Waals surface area contributed by atoms with Crippen molar-refractivity contribution < 1.29 is 4.79 Å². The summed E-state index contributed by atoms with van der Waals surface area (Å²) >= 11 is 5.87. The second-order valence-electron chi connectivity index (χ2n) is 4.42. The molecule has 1 heterocycles. The standard InChI is InChI=1S/C15H12ClNO/c16-11-7-5-10(6-8-11)14-9-15(18)12-3-1-2-4-13(12)17-14/h1-8,14,17H,9H2/t14-/m1/s1. The van der Waals surface area contributed by atoms with Crippen LogP contribution in [0.25, 0.3) is 0 Å². The molecule has 1 aliphatic rings. The van der Waals surface area contributed by atoms with Gasteiger partial charge in [-0.2, -0.15) is 0 Å². The Morgan fingerprint density at radius 1 is 1.06 bits per heavy atom. The van der Waals surface area contributed by atoms with Gasteiger partial charge in [-0.05, 0) is 29.8 Å². The van der Waals surface area contributed by atoms with Crippen LogP contribution in [0.3, 0.4) is 0 Å². The summed E-state index contributed by atoms with van der Waals surface area (Å²) in [5, 5.41) is 4.11.